The van der Waals surface area contributed by atoms with Crippen molar-refractivity contribution in [3.8, 4) is 50.4 Å². The van der Waals surface area contributed by atoms with Crippen LogP contribution in [0.4, 0.5) is 0 Å². The van der Waals surface area contributed by atoms with Gasteiger partial charge in [0.05, 0.1) is 38.8 Å². The van der Waals surface area contributed by atoms with Gasteiger partial charge in [0, 0.05) is 53.6 Å². The molecule has 0 saturated carbocycles. The zero-order chi connectivity index (χ0) is 66.7. The molecule has 21 aromatic rings. The molecule has 1 aliphatic carbocycles. The van der Waals surface area contributed by atoms with E-state index in [0.717, 1.165) is 10.9 Å². The van der Waals surface area contributed by atoms with Gasteiger partial charge in [-0.2, -0.15) is 0 Å². The van der Waals surface area contributed by atoms with E-state index in [-0.39, 0.29) is 0 Å². The van der Waals surface area contributed by atoms with Gasteiger partial charge in [-0.3, -0.25) is 0 Å². The first kappa shape index (κ1) is 58.5. The highest BCUT2D eigenvalue weighted by atomic mass is 79.9. The Labute approximate surface area is 592 Å². The second-order valence-electron chi connectivity index (χ2n) is 26.7. The lowest BCUT2D eigenvalue weighted by molar-refractivity contribution is 1.18. The number of benzene rings is 18. The fraction of sp³-hybridized carbons (Fsp3) is 0.0103. The molecule has 0 spiro atoms. The summed E-state index contributed by atoms with van der Waals surface area (Å²) in [6.45, 7) is 0. The molecule has 0 N–H and O–H groups in total. The zero-order valence-electron chi connectivity index (χ0n) is 55.1. The van der Waals surface area contributed by atoms with Crippen molar-refractivity contribution in [2.24, 2.45) is 0 Å². The van der Waals surface area contributed by atoms with Gasteiger partial charge in [-0.1, -0.05) is 283 Å². The highest BCUT2D eigenvalue weighted by molar-refractivity contribution is 9.10. The van der Waals surface area contributed by atoms with Crippen LogP contribution >= 0.6 is 15.9 Å². The summed E-state index contributed by atoms with van der Waals surface area (Å²) < 4.78 is 8.38. The molecule has 0 amide bonds. The van der Waals surface area contributed by atoms with E-state index in [1.54, 1.807) is 0 Å². The standard InChI is InChI=1S/C48H30N2.C31H21N.C18H11Br/c1-2-13-35(14-3-1)49-43-20-10-8-17-38(43)41-28-32(24-26-45(41)49)33-25-27-46-42(29-33)39-18-9-11-21-44(39)50(46)47-30-34-23-22-31-12-4-5-15-36(31)48(34)40-19-7-6-16-37(40)47;1-2-9-25(10-3-1)32-30-13-7-6-12-27(30)29-20-22(16-17-31(29)32)21-14-15-24-18-23-8-4-5-11-26(23)28(24)19-21;19-17-11-13-10-9-12-5-1-2-6-14(12)18(13)16-8-4-3-7-15(16)17/h1-30H;1-17,19-20H,18H2;1-11H. The Morgan fingerprint density at radius 1 is 0.208 bits per heavy atom. The summed E-state index contributed by atoms with van der Waals surface area (Å²) in [6, 6.07) is 133. The molecule has 18 aromatic carbocycles. The van der Waals surface area contributed by atoms with Crippen molar-refractivity contribution in [3.05, 3.63) is 380 Å². The van der Waals surface area contributed by atoms with Crippen LogP contribution in [-0.2, 0) is 6.42 Å². The molecule has 3 aromatic heterocycles. The van der Waals surface area contributed by atoms with Crippen LogP contribution in [0.3, 0.4) is 0 Å². The Kier molecular flexibility index (Phi) is 13.8. The first-order valence-electron chi connectivity index (χ1n) is 34.8. The number of nitrogens with zero attached hydrogens (tertiary/aromatic N) is 3. The number of aromatic nitrogens is 3. The third-order valence-corrected chi connectivity index (χ3v) is 21.8. The third kappa shape index (κ3) is 9.62. The Balaban J connectivity index is 0.000000114. The van der Waals surface area contributed by atoms with Crippen LogP contribution in [0.1, 0.15) is 11.1 Å². The van der Waals surface area contributed by atoms with Gasteiger partial charge in [0.1, 0.15) is 0 Å². The second kappa shape index (κ2) is 23.8. The van der Waals surface area contributed by atoms with Crippen molar-refractivity contribution < 1.29 is 0 Å². The maximum absolute atomic E-state index is 3.68. The van der Waals surface area contributed by atoms with E-state index in [2.05, 4.69) is 394 Å². The third-order valence-electron chi connectivity index (χ3n) is 21.2. The summed E-state index contributed by atoms with van der Waals surface area (Å²) in [6.07, 6.45) is 1.04. The van der Waals surface area contributed by atoms with E-state index in [0.29, 0.717) is 0 Å². The first-order valence-corrected chi connectivity index (χ1v) is 35.6. The molecule has 0 saturated heterocycles. The molecule has 3 nitrogen and oxygen atoms in total. The number of halogens is 1. The lowest BCUT2D eigenvalue weighted by Crippen LogP contribution is -1.96. The van der Waals surface area contributed by atoms with Gasteiger partial charge in [0.2, 0.25) is 0 Å². The van der Waals surface area contributed by atoms with E-state index in [9.17, 15) is 0 Å². The molecule has 3 heterocycles. The number of hydrogen-bond acceptors (Lipinski definition) is 0. The minimum absolute atomic E-state index is 1.04. The van der Waals surface area contributed by atoms with Crippen LogP contribution in [-0.4, -0.2) is 13.7 Å². The largest absolute Gasteiger partial charge is 0.309 e. The number of hydrogen-bond donors (Lipinski definition) is 0. The van der Waals surface area contributed by atoms with Crippen LogP contribution in [0, 0.1) is 0 Å². The minimum atomic E-state index is 1.04. The Hall–Kier alpha value is -12.6. The molecular weight excluding hydrogens is 1290 g/mol. The van der Waals surface area contributed by atoms with Crippen molar-refractivity contribution in [1.82, 2.24) is 13.7 Å². The number of para-hydroxylation sites is 5. The van der Waals surface area contributed by atoms with Crippen LogP contribution in [0.25, 0.3) is 180 Å². The summed E-state index contributed by atoms with van der Waals surface area (Å²) in [5, 5.41) is 23.1. The van der Waals surface area contributed by atoms with E-state index in [1.807, 2.05) is 0 Å². The summed E-state index contributed by atoms with van der Waals surface area (Å²) in [5.74, 6) is 0. The minimum Gasteiger partial charge on any atom is -0.309 e. The lowest BCUT2D eigenvalue weighted by Gasteiger charge is -2.16. The van der Waals surface area contributed by atoms with Crippen LogP contribution in [0.15, 0.2) is 368 Å². The molecule has 472 valence electrons. The molecule has 0 fully saturated rings. The maximum atomic E-state index is 3.68. The SMILES string of the molecule is Brc1cc2ccc3ccccc3c2c2ccccc12.c1ccc(-n2c3ccccc3c3cc(-c4ccc5c(c4)-c4ccccc4C5)ccc32)cc1.c1ccc(-n2c3ccccc3c3cc(-c4ccc5c(c4)c4ccccc4n5-c4cc5ccc6ccccc6c5c5ccccc45)ccc32)cc1. The van der Waals surface area contributed by atoms with Gasteiger partial charge in [-0.25, -0.2) is 0 Å². The molecule has 0 radical (unpaired) electrons. The molecule has 0 unspecified atom stereocenters. The maximum Gasteiger partial charge on any atom is 0.0546 e. The predicted molar refractivity (Wildman–Crippen MR) is 434 cm³/mol. The molecule has 0 bridgehead atoms. The Bertz CT molecular complexity index is 6930. The van der Waals surface area contributed by atoms with Crippen molar-refractivity contribution in [2.45, 2.75) is 6.42 Å². The molecule has 4 heteroatoms. The molecule has 0 atom stereocenters. The molecule has 1 aliphatic rings. The first-order chi connectivity index (χ1) is 50.0. The summed E-state index contributed by atoms with van der Waals surface area (Å²) in [7, 11) is 0. The van der Waals surface area contributed by atoms with E-state index < -0.39 is 0 Å². The smallest absolute Gasteiger partial charge is 0.0546 e. The molecule has 101 heavy (non-hydrogen) atoms. The van der Waals surface area contributed by atoms with Crippen LogP contribution < -0.4 is 0 Å². The molecule has 22 rings (SSSR count). The lowest BCUT2D eigenvalue weighted by atomic mass is 9.95. The normalized spacial score (nSPS) is 12.0. The van der Waals surface area contributed by atoms with Crippen LogP contribution in [0.2, 0.25) is 0 Å². The zero-order valence-corrected chi connectivity index (χ0v) is 56.7. The summed E-state index contributed by atoms with van der Waals surface area (Å²) in [5.41, 5.74) is 21.5. The van der Waals surface area contributed by atoms with E-state index >= 15 is 0 Å². The fourth-order valence-corrected chi connectivity index (χ4v) is 17.2. The number of rotatable bonds is 5. The van der Waals surface area contributed by atoms with Gasteiger partial charge < -0.3 is 13.7 Å². The van der Waals surface area contributed by atoms with Gasteiger partial charge >= 0.3 is 0 Å². The van der Waals surface area contributed by atoms with Crippen molar-refractivity contribution >= 4 is 146 Å². The van der Waals surface area contributed by atoms with Crippen molar-refractivity contribution in [2.75, 3.05) is 0 Å². The topological polar surface area (TPSA) is 14.8 Å². The highest BCUT2D eigenvalue weighted by Crippen LogP contribution is 2.45. The quantitative estimate of drug-likeness (QED) is 0.153. The van der Waals surface area contributed by atoms with E-state index in [4.69, 9.17) is 0 Å². The van der Waals surface area contributed by atoms with Gasteiger partial charge in [-0.15, -0.1) is 0 Å². The Morgan fingerprint density at radius 3 is 1.10 bits per heavy atom. The fourth-order valence-electron chi connectivity index (χ4n) is 16.6. The monoisotopic (exact) mass is 1350 g/mol. The Morgan fingerprint density at radius 2 is 0.564 bits per heavy atom. The molecule has 0 aliphatic heterocycles. The second-order valence-corrected chi connectivity index (χ2v) is 27.6. The van der Waals surface area contributed by atoms with E-state index in [1.165, 1.54) is 192 Å². The summed E-state index contributed by atoms with van der Waals surface area (Å²) >= 11 is 3.68. The van der Waals surface area contributed by atoms with Gasteiger partial charge in [0.25, 0.3) is 0 Å². The summed E-state index contributed by atoms with van der Waals surface area (Å²) in [4.78, 5) is 0. The predicted octanol–water partition coefficient (Wildman–Crippen LogP) is 26.9. The molecular formula is C97H62BrN3. The average Bonchev–Trinajstić information content (AvgIpc) is 1.67. The number of fused-ring (bicyclic) bond motifs is 22. The van der Waals surface area contributed by atoms with Crippen molar-refractivity contribution in [3.63, 3.8) is 0 Å². The van der Waals surface area contributed by atoms with Crippen LogP contribution in [0.5, 0.6) is 0 Å². The van der Waals surface area contributed by atoms with Crippen molar-refractivity contribution in [1.29, 1.82) is 0 Å². The van der Waals surface area contributed by atoms with Gasteiger partial charge in [0.15, 0.2) is 0 Å². The highest BCUT2D eigenvalue weighted by Gasteiger charge is 2.22. The average molecular weight is 1350 g/mol. The van der Waals surface area contributed by atoms with Gasteiger partial charge in [-0.05, 0) is 207 Å².